The van der Waals surface area contributed by atoms with Crippen molar-refractivity contribution >= 4 is 22.9 Å². The van der Waals surface area contributed by atoms with E-state index in [2.05, 4.69) is 12.1 Å². The normalized spacial score (nSPS) is 9.93. The molecule has 0 atom stereocenters. The number of hydrogen-bond donors (Lipinski definition) is 0. The summed E-state index contributed by atoms with van der Waals surface area (Å²) in [5.41, 5.74) is 2.84. The maximum absolute atomic E-state index is 8.87. The SMILES string of the molecule is Cc1cc(C#N)cc(-c2cc(Cl)cs2)c1. The summed E-state index contributed by atoms with van der Waals surface area (Å²) in [7, 11) is 0. The summed E-state index contributed by atoms with van der Waals surface area (Å²) in [6.07, 6.45) is 0. The van der Waals surface area contributed by atoms with Crippen LogP contribution in [-0.2, 0) is 0 Å². The molecule has 15 heavy (non-hydrogen) atoms. The van der Waals surface area contributed by atoms with Gasteiger partial charge in [0.2, 0.25) is 0 Å². The molecule has 1 nitrogen and oxygen atoms in total. The van der Waals surface area contributed by atoms with Crippen LogP contribution in [0.25, 0.3) is 10.4 Å². The van der Waals surface area contributed by atoms with E-state index in [9.17, 15) is 0 Å². The third kappa shape index (κ3) is 2.20. The van der Waals surface area contributed by atoms with Crippen molar-refractivity contribution in [3.8, 4) is 16.5 Å². The minimum Gasteiger partial charge on any atom is -0.192 e. The van der Waals surface area contributed by atoms with Gasteiger partial charge >= 0.3 is 0 Å². The standard InChI is InChI=1S/C12H8ClNS/c1-8-2-9(6-14)4-10(3-8)12-5-11(13)7-15-12/h2-5,7H,1H3. The summed E-state index contributed by atoms with van der Waals surface area (Å²) in [5, 5.41) is 11.5. The zero-order chi connectivity index (χ0) is 10.8. The first-order chi connectivity index (χ1) is 7.19. The second-order valence-corrected chi connectivity index (χ2v) is 4.68. The predicted octanol–water partition coefficient (Wildman–Crippen LogP) is 4.25. The third-order valence-corrected chi connectivity index (χ3v) is 3.39. The first kappa shape index (κ1) is 10.2. The van der Waals surface area contributed by atoms with Crippen molar-refractivity contribution in [2.24, 2.45) is 0 Å². The summed E-state index contributed by atoms with van der Waals surface area (Å²) in [4.78, 5) is 1.10. The number of halogens is 1. The van der Waals surface area contributed by atoms with Gasteiger partial charge in [-0.1, -0.05) is 17.7 Å². The number of nitrogens with zero attached hydrogens (tertiary/aromatic N) is 1. The largest absolute Gasteiger partial charge is 0.192 e. The molecule has 2 aromatic rings. The molecule has 0 saturated heterocycles. The Balaban J connectivity index is 2.54. The maximum Gasteiger partial charge on any atom is 0.0991 e. The number of thiophene rings is 1. The van der Waals surface area contributed by atoms with Crippen molar-refractivity contribution in [3.05, 3.63) is 45.8 Å². The fourth-order valence-electron chi connectivity index (χ4n) is 1.45. The topological polar surface area (TPSA) is 23.8 Å². The third-order valence-electron chi connectivity index (χ3n) is 2.06. The Kier molecular flexibility index (Phi) is 2.77. The average Bonchev–Trinajstić information content (AvgIpc) is 2.64. The van der Waals surface area contributed by atoms with Crippen LogP contribution < -0.4 is 0 Å². The van der Waals surface area contributed by atoms with Crippen LogP contribution >= 0.6 is 22.9 Å². The lowest BCUT2D eigenvalue weighted by molar-refractivity contribution is 1.42. The fourth-order valence-corrected chi connectivity index (χ4v) is 2.52. The zero-order valence-electron chi connectivity index (χ0n) is 8.12. The highest BCUT2D eigenvalue weighted by molar-refractivity contribution is 7.14. The number of hydrogen-bond acceptors (Lipinski definition) is 2. The van der Waals surface area contributed by atoms with E-state index < -0.39 is 0 Å². The van der Waals surface area contributed by atoms with Gasteiger partial charge in [-0.2, -0.15) is 5.26 Å². The zero-order valence-corrected chi connectivity index (χ0v) is 9.69. The first-order valence-electron chi connectivity index (χ1n) is 4.45. The van der Waals surface area contributed by atoms with E-state index in [1.807, 2.05) is 30.5 Å². The van der Waals surface area contributed by atoms with Gasteiger partial charge in [0.05, 0.1) is 16.7 Å². The van der Waals surface area contributed by atoms with Gasteiger partial charge in [-0.3, -0.25) is 0 Å². The van der Waals surface area contributed by atoms with Crippen molar-refractivity contribution in [3.63, 3.8) is 0 Å². The molecule has 0 aliphatic heterocycles. The Hall–Kier alpha value is -1.30. The summed E-state index contributed by atoms with van der Waals surface area (Å²) in [6.45, 7) is 1.99. The van der Waals surface area contributed by atoms with Gasteiger partial charge in [-0.05, 0) is 36.2 Å². The molecule has 1 heterocycles. The molecular formula is C12H8ClNS. The van der Waals surface area contributed by atoms with Crippen LogP contribution in [0.5, 0.6) is 0 Å². The smallest absolute Gasteiger partial charge is 0.0991 e. The van der Waals surface area contributed by atoms with Crippen LogP contribution in [0.3, 0.4) is 0 Å². The highest BCUT2D eigenvalue weighted by Crippen LogP contribution is 2.30. The van der Waals surface area contributed by atoms with E-state index in [0.717, 1.165) is 21.0 Å². The van der Waals surface area contributed by atoms with Crippen molar-refractivity contribution in [1.82, 2.24) is 0 Å². The number of nitriles is 1. The Labute approximate surface area is 97.6 Å². The molecule has 74 valence electrons. The van der Waals surface area contributed by atoms with E-state index in [0.29, 0.717) is 5.56 Å². The second kappa shape index (κ2) is 4.06. The monoisotopic (exact) mass is 233 g/mol. The highest BCUT2D eigenvalue weighted by atomic mass is 35.5. The van der Waals surface area contributed by atoms with Crippen molar-refractivity contribution in [1.29, 1.82) is 5.26 Å². The van der Waals surface area contributed by atoms with Crippen LogP contribution in [0.1, 0.15) is 11.1 Å². The molecule has 2 rings (SSSR count). The lowest BCUT2D eigenvalue weighted by Gasteiger charge is -2.00. The van der Waals surface area contributed by atoms with Gasteiger partial charge in [0, 0.05) is 10.3 Å². The Morgan fingerprint density at radius 3 is 2.67 bits per heavy atom. The van der Waals surface area contributed by atoms with Crippen molar-refractivity contribution in [2.45, 2.75) is 6.92 Å². The molecule has 0 N–H and O–H groups in total. The van der Waals surface area contributed by atoms with Crippen molar-refractivity contribution < 1.29 is 0 Å². The van der Waals surface area contributed by atoms with Gasteiger partial charge in [0.25, 0.3) is 0 Å². The van der Waals surface area contributed by atoms with Crippen LogP contribution in [-0.4, -0.2) is 0 Å². The van der Waals surface area contributed by atoms with Gasteiger partial charge in [0.15, 0.2) is 0 Å². The summed E-state index contributed by atoms with van der Waals surface area (Å²) >= 11 is 7.46. The second-order valence-electron chi connectivity index (χ2n) is 3.33. The summed E-state index contributed by atoms with van der Waals surface area (Å²) in [6, 6.07) is 9.89. The van der Waals surface area contributed by atoms with Gasteiger partial charge < -0.3 is 0 Å². The molecule has 0 spiro atoms. The lowest BCUT2D eigenvalue weighted by Crippen LogP contribution is -1.80. The summed E-state index contributed by atoms with van der Waals surface area (Å²) in [5.74, 6) is 0. The van der Waals surface area contributed by atoms with Gasteiger partial charge in [0.1, 0.15) is 0 Å². The summed E-state index contributed by atoms with van der Waals surface area (Å²) < 4.78 is 0. The molecule has 0 aliphatic carbocycles. The lowest BCUT2D eigenvalue weighted by atomic mass is 10.1. The minimum atomic E-state index is 0.689. The minimum absolute atomic E-state index is 0.689. The van der Waals surface area contributed by atoms with Gasteiger partial charge in [-0.15, -0.1) is 11.3 Å². The molecule has 0 aliphatic rings. The quantitative estimate of drug-likeness (QED) is 0.723. The van der Waals surface area contributed by atoms with E-state index in [-0.39, 0.29) is 0 Å². The van der Waals surface area contributed by atoms with E-state index in [1.165, 1.54) is 0 Å². The molecule has 1 aromatic carbocycles. The molecule has 1 aromatic heterocycles. The van der Waals surface area contributed by atoms with Crippen molar-refractivity contribution in [2.75, 3.05) is 0 Å². The Morgan fingerprint density at radius 2 is 2.07 bits per heavy atom. The molecule has 0 radical (unpaired) electrons. The van der Waals surface area contributed by atoms with E-state index >= 15 is 0 Å². The number of benzene rings is 1. The van der Waals surface area contributed by atoms with E-state index in [4.69, 9.17) is 16.9 Å². The molecule has 0 fully saturated rings. The Bertz CT molecular complexity index is 537. The van der Waals surface area contributed by atoms with Crippen LogP contribution in [0.15, 0.2) is 29.6 Å². The number of rotatable bonds is 1. The average molecular weight is 234 g/mol. The maximum atomic E-state index is 8.87. The number of aryl methyl sites for hydroxylation is 1. The predicted molar refractivity (Wildman–Crippen MR) is 64.2 cm³/mol. The fraction of sp³-hybridized carbons (Fsp3) is 0.0833. The molecule has 0 saturated carbocycles. The Morgan fingerprint density at radius 1 is 1.27 bits per heavy atom. The first-order valence-corrected chi connectivity index (χ1v) is 5.71. The van der Waals surface area contributed by atoms with Gasteiger partial charge in [-0.25, -0.2) is 0 Å². The van der Waals surface area contributed by atoms with E-state index in [1.54, 1.807) is 11.3 Å². The van der Waals surface area contributed by atoms with Crippen LogP contribution in [0, 0.1) is 18.3 Å². The molecule has 0 unspecified atom stereocenters. The molecule has 0 bridgehead atoms. The van der Waals surface area contributed by atoms with Crippen LogP contribution in [0.2, 0.25) is 5.02 Å². The van der Waals surface area contributed by atoms with Crippen LogP contribution in [0.4, 0.5) is 0 Å². The molecular weight excluding hydrogens is 226 g/mol. The molecule has 3 heteroatoms. The highest BCUT2D eigenvalue weighted by Gasteiger charge is 2.03. The molecule has 0 amide bonds.